The first kappa shape index (κ1) is 19.6. The zero-order valence-corrected chi connectivity index (χ0v) is 17.6. The van der Waals surface area contributed by atoms with Crippen molar-refractivity contribution in [3.63, 3.8) is 0 Å². The average Bonchev–Trinajstić information content (AvgIpc) is 2.76. The van der Waals surface area contributed by atoms with Gasteiger partial charge in [0.1, 0.15) is 12.4 Å². The molecule has 2 heterocycles. The minimum Gasteiger partial charge on any atom is -0.489 e. The molecule has 2 aromatic rings. The van der Waals surface area contributed by atoms with Crippen LogP contribution in [0.5, 0.6) is 5.75 Å². The lowest BCUT2D eigenvalue weighted by atomic mass is 9.82. The van der Waals surface area contributed by atoms with Gasteiger partial charge in [0, 0.05) is 26.2 Å². The van der Waals surface area contributed by atoms with Gasteiger partial charge in [0.25, 0.3) is 0 Å². The summed E-state index contributed by atoms with van der Waals surface area (Å²) in [5, 5.41) is 0. The predicted octanol–water partition coefficient (Wildman–Crippen LogP) is 5.16. The number of hydrogen-bond acceptors (Lipinski definition) is 3. The molecular weight excluding hydrogens is 370 g/mol. The highest BCUT2D eigenvalue weighted by Gasteiger charge is 2.28. The second kappa shape index (κ2) is 9.20. The molecule has 3 nitrogen and oxygen atoms in total. The summed E-state index contributed by atoms with van der Waals surface area (Å²) in [5.74, 6) is 2.15. The van der Waals surface area contributed by atoms with Crippen LogP contribution in [0.1, 0.15) is 29.5 Å². The molecule has 0 saturated carbocycles. The molecule has 3 aliphatic rings. The Bertz CT molecular complexity index is 900. The maximum atomic E-state index is 6.07. The molecule has 3 heteroatoms. The fourth-order valence-corrected chi connectivity index (χ4v) is 4.80. The molecular formula is C27H31NO2. The van der Waals surface area contributed by atoms with E-state index in [1.165, 1.54) is 23.1 Å². The monoisotopic (exact) mass is 401 g/mol. The number of allylic oxidation sites excluding steroid dienone is 3. The lowest BCUT2D eigenvalue weighted by Crippen LogP contribution is -2.38. The molecule has 0 amide bonds. The minimum absolute atomic E-state index is 0.472. The molecule has 2 unspecified atom stereocenters. The molecule has 0 radical (unpaired) electrons. The van der Waals surface area contributed by atoms with Crippen LogP contribution in [-0.2, 0) is 24.3 Å². The molecule has 5 rings (SSSR count). The van der Waals surface area contributed by atoms with E-state index < -0.39 is 0 Å². The van der Waals surface area contributed by atoms with Gasteiger partial charge in [-0.25, -0.2) is 0 Å². The summed E-state index contributed by atoms with van der Waals surface area (Å²) in [6, 6.07) is 17.0. The van der Waals surface area contributed by atoms with Crippen LogP contribution in [0, 0.1) is 11.8 Å². The van der Waals surface area contributed by atoms with E-state index in [0.717, 1.165) is 44.8 Å². The topological polar surface area (TPSA) is 21.7 Å². The van der Waals surface area contributed by atoms with E-state index in [0.29, 0.717) is 24.5 Å². The van der Waals surface area contributed by atoms with Crippen molar-refractivity contribution in [3.8, 4) is 5.75 Å². The molecule has 30 heavy (non-hydrogen) atoms. The molecule has 0 bridgehead atoms. The molecule has 0 N–H and O–H groups in total. The Labute approximate surface area is 180 Å². The van der Waals surface area contributed by atoms with Crippen molar-refractivity contribution in [3.05, 3.63) is 89.5 Å². The van der Waals surface area contributed by atoms with Crippen molar-refractivity contribution in [2.24, 2.45) is 11.8 Å². The standard InChI is InChI=1S/C27H31NO2/c1-2-6-21(7-3-1)20-30-26-11-10-22-12-14-28(19-25(22)17-26)18-24-9-5-4-8-23(24)16-27-13-15-29-27/h1-11,17,23-24,27H,12-16,18-20H2/t23-,24?,27?/m1/s1. The summed E-state index contributed by atoms with van der Waals surface area (Å²) in [4.78, 5) is 2.62. The molecule has 156 valence electrons. The van der Waals surface area contributed by atoms with Gasteiger partial charge in [-0.3, -0.25) is 4.90 Å². The largest absolute Gasteiger partial charge is 0.489 e. The van der Waals surface area contributed by atoms with Gasteiger partial charge in [-0.05, 0) is 59.9 Å². The first-order valence-corrected chi connectivity index (χ1v) is 11.3. The third-order valence-electron chi connectivity index (χ3n) is 6.69. The third kappa shape index (κ3) is 4.69. The number of hydrogen-bond donors (Lipinski definition) is 0. The quantitative estimate of drug-likeness (QED) is 0.640. The van der Waals surface area contributed by atoms with Crippen LogP contribution in [0.15, 0.2) is 72.8 Å². The van der Waals surface area contributed by atoms with Crippen molar-refractivity contribution < 1.29 is 9.47 Å². The van der Waals surface area contributed by atoms with Gasteiger partial charge in [-0.15, -0.1) is 0 Å². The minimum atomic E-state index is 0.472. The summed E-state index contributed by atoms with van der Waals surface area (Å²) < 4.78 is 11.8. The number of fused-ring (bicyclic) bond motifs is 1. The maximum Gasteiger partial charge on any atom is 0.120 e. The van der Waals surface area contributed by atoms with Gasteiger partial charge >= 0.3 is 0 Å². The first-order valence-electron chi connectivity index (χ1n) is 11.3. The van der Waals surface area contributed by atoms with Crippen molar-refractivity contribution >= 4 is 0 Å². The molecule has 3 atom stereocenters. The summed E-state index contributed by atoms with van der Waals surface area (Å²) in [6.07, 6.45) is 13.2. The highest BCUT2D eigenvalue weighted by atomic mass is 16.5. The van der Waals surface area contributed by atoms with Crippen molar-refractivity contribution in [1.29, 1.82) is 0 Å². The van der Waals surface area contributed by atoms with Gasteiger partial charge in [-0.1, -0.05) is 60.7 Å². The Balaban J connectivity index is 1.20. The molecule has 2 aromatic carbocycles. The van der Waals surface area contributed by atoms with Gasteiger partial charge in [0.05, 0.1) is 6.10 Å². The zero-order chi connectivity index (χ0) is 20.2. The van der Waals surface area contributed by atoms with Gasteiger partial charge in [-0.2, -0.15) is 0 Å². The Morgan fingerprint density at radius 1 is 0.967 bits per heavy atom. The van der Waals surface area contributed by atoms with Crippen LogP contribution >= 0.6 is 0 Å². The first-order chi connectivity index (χ1) is 14.8. The normalized spacial score (nSPS) is 25.5. The highest BCUT2D eigenvalue weighted by molar-refractivity contribution is 5.37. The summed E-state index contributed by atoms with van der Waals surface area (Å²) in [7, 11) is 0. The third-order valence-corrected chi connectivity index (χ3v) is 6.69. The summed E-state index contributed by atoms with van der Waals surface area (Å²) >= 11 is 0. The van der Waals surface area contributed by atoms with Crippen LogP contribution in [0.25, 0.3) is 0 Å². The Morgan fingerprint density at radius 3 is 2.60 bits per heavy atom. The van der Waals surface area contributed by atoms with E-state index >= 15 is 0 Å². The number of nitrogens with zero attached hydrogens (tertiary/aromatic N) is 1. The molecule has 0 spiro atoms. The number of rotatable bonds is 7. The highest BCUT2D eigenvalue weighted by Crippen LogP contribution is 2.31. The second-order valence-corrected chi connectivity index (χ2v) is 8.80. The van der Waals surface area contributed by atoms with Crippen LogP contribution in [0.2, 0.25) is 0 Å². The van der Waals surface area contributed by atoms with E-state index in [1.54, 1.807) is 0 Å². The Hall–Kier alpha value is -2.36. The van der Waals surface area contributed by atoms with Crippen molar-refractivity contribution in [2.75, 3.05) is 19.7 Å². The van der Waals surface area contributed by atoms with Gasteiger partial charge in [0.15, 0.2) is 0 Å². The van der Waals surface area contributed by atoms with Gasteiger partial charge in [0.2, 0.25) is 0 Å². The van der Waals surface area contributed by atoms with E-state index in [4.69, 9.17) is 9.47 Å². The second-order valence-electron chi connectivity index (χ2n) is 8.80. The van der Waals surface area contributed by atoms with E-state index in [9.17, 15) is 0 Å². The number of ether oxygens (including phenoxy) is 2. The van der Waals surface area contributed by atoms with E-state index in [-0.39, 0.29) is 0 Å². The van der Waals surface area contributed by atoms with Crippen LogP contribution in [0.3, 0.4) is 0 Å². The Kier molecular flexibility index (Phi) is 6.01. The smallest absolute Gasteiger partial charge is 0.120 e. The van der Waals surface area contributed by atoms with E-state index in [2.05, 4.69) is 71.7 Å². The molecule has 1 aliphatic carbocycles. The maximum absolute atomic E-state index is 6.07. The van der Waals surface area contributed by atoms with Crippen molar-refractivity contribution in [1.82, 2.24) is 4.90 Å². The van der Waals surface area contributed by atoms with Crippen LogP contribution in [0.4, 0.5) is 0 Å². The fraction of sp³-hybridized carbons (Fsp3) is 0.407. The summed E-state index contributed by atoms with van der Waals surface area (Å²) in [5.41, 5.74) is 4.09. The molecule has 1 saturated heterocycles. The predicted molar refractivity (Wildman–Crippen MR) is 120 cm³/mol. The zero-order valence-electron chi connectivity index (χ0n) is 17.6. The average molecular weight is 402 g/mol. The lowest BCUT2D eigenvalue weighted by molar-refractivity contribution is -0.0628. The van der Waals surface area contributed by atoms with Crippen LogP contribution in [-0.4, -0.2) is 30.7 Å². The fourth-order valence-electron chi connectivity index (χ4n) is 4.80. The van der Waals surface area contributed by atoms with Gasteiger partial charge < -0.3 is 9.47 Å². The lowest BCUT2D eigenvalue weighted by Gasteiger charge is -2.36. The summed E-state index contributed by atoms with van der Waals surface area (Å²) in [6.45, 7) is 4.83. The number of benzene rings is 2. The molecule has 2 aliphatic heterocycles. The Morgan fingerprint density at radius 2 is 1.80 bits per heavy atom. The molecule has 0 aromatic heterocycles. The SMILES string of the molecule is C1=CC(CN2CCc3ccc(OCc4ccccc4)cc3C2)[C@@H](CC2CCO2)C=C1. The van der Waals surface area contributed by atoms with E-state index in [1.807, 2.05) is 6.07 Å². The van der Waals surface area contributed by atoms with Crippen LogP contribution < -0.4 is 4.74 Å². The van der Waals surface area contributed by atoms with Crippen molar-refractivity contribution in [2.45, 2.75) is 38.5 Å². The molecule has 1 fully saturated rings.